The van der Waals surface area contributed by atoms with Crippen LogP contribution in [0.3, 0.4) is 0 Å². The van der Waals surface area contributed by atoms with Gasteiger partial charge in [-0.15, -0.1) is 0 Å². The summed E-state index contributed by atoms with van der Waals surface area (Å²) in [6.07, 6.45) is -1.04. The van der Waals surface area contributed by atoms with Crippen LogP contribution in [-0.2, 0) is 9.53 Å². The number of aryl methyl sites for hydroxylation is 1. The fraction of sp³-hybridized carbons (Fsp3) is 0.150. The monoisotopic (exact) mass is 402 g/mol. The summed E-state index contributed by atoms with van der Waals surface area (Å²) in [4.78, 5) is 29.4. The molecule has 1 amide bonds. The SMILES string of the molecule is Cc1cc(C(=O)O[C@H](C)C(=O)Nc2c(Cl)cccc2Cl)c2ccccc2n1. The molecule has 1 N–H and O–H groups in total. The molecule has 3 aromatic rings. The highest BCUT2D eigenvalue weighted by molar-refractivity contribution is 6.39. The molecule has 0 saturated carbocycles. The number of aromatic nitrogens is 1. The summed E-state index contributed by atoms with van der Waals surface area (Å²) in [6, 6.07) is 13.8. The molecule has 2 aromatic carbocycles. The van der Waals surface area contributed by atoms with Gasteiger partial charge in [0.2, 0.25) is 0 Å². The number of hydrogen-bond acceptors (Lipinski definition) is 4. The number of pyridine rings is 1. The number of esters is 1. The molecular weight excluding hydrogens is 387 g/mol. The molecule has 0 aliphatic rings. The van der Waals surface area contributed by atoms with Crippen molar-refractivity contribution in [2.75, 3.05) is 5.32 Å². The molecule has 0 spiro atoms. The van der Waals surface area contributed by atoms with E-state index >= 15 is 0 Å². The summed E-state index contributed by atoms with van der Waals surface area (Å²) < 4.78 is 5.35. The number of fused-ring (bicyclic) bond motifs is 1. The molecule has 0 fully saturated rings. The number of halogens is 2. The highest BCUT2D eigenvalue weighted by atomic mass is 35.5. The standard InChI is InChI=1S/C20H16Cl2N2O3/c1-11-10-14(13-6-3-4-9-17(13)23-11)20(26)27-12(2)19(25)24-18-15(21)7-5-8-16(18)22/h3-10,12H,1-2H3,(H,24,25)/t12-/m1/s1. The van der Waals surface area contributed by atoms with Gasteiger partial charge in [0.15, 0.2) is 6.10 Å². The Morgan fingerprint density at radius 2 is 1.74 bits per heavy atom. The molecule has 138 valence electrons. The van der Waals surface area contributed by atoms with Gasteiger partial charge in [-0.3, -0.25) is 9.78 Å². The Bertz CT molecular complexity index is 1020. The van der Waals surface area contributed by atoms with Crippen molar-refractivity contribution in [2.24, 2.45) is 0 Å². The van der Waals surface area contributed by atoms with E-state index in [1.807, 2.05) is 18.2 Å². The first-order valence-electron chi connectivity index (χ1n) is 8.19. The van der Waals surface area contributed by atoms with Gasteiger partial charge in [0.25, 0.3) is 5.91 Å². The third-order valence-electron chi connectivity index (χ3n) is 3.93. The molecule has 1 aromatic heterocycles. The summed E-state index contributed by atoms with van der Waals surface area (Å²) in [5, 5.41) is 3.85. The number of hydrogen-bond donors (Lipinski definition) is 1. The maximum absolute atomic E-state index is 12.6. The van der Waals surface area contributed by atoms with Crippen molar-refractivity contribution in [1.29, 1.82) is 0 Å². The minimum atomic E-state index is -1.04. The number of ether oxygens (including phenoxy) is 1. The smallest absolute Gasteiger partial charge is 0.339 e. The second-order valence-electron chi connectivity index (χ2n) is 5.96. The van der Waals surface area contributed by atoms with Crippen LogP contribution in [0.2, 0.25) is 10.0 Å². The maximum atomic E-state index is 12.6. The number of carbonyl (C=O) groups excluding carboxylic acids is 2. The first-order valence-corrected chi connectivity index (χ1v) is 8.94. The fourth-order valence-corrected chi connectivity index (χ4v) is 3.09. The van der Waals surface area contributed by atoms with E-state index in [0.29, 0.717) is 32.2 Å². The van der Waals surface area contributed by atoms with E-state index in [1.54, 1.807) is 37.3 Å². The minimum Gasteiger partial charge on any atom is -0.449 e. The molecule has 7 heteroatoms. The lowest BCUT2D eigenvalue weighted by Gasteiger charge is -2.16. The Labute approximate surface area is 166 Å². The Morgan fingerprint density at radius 3 is 2.44 bits per heavy atom. The van der Waals surface area contributed by atoms with E-state index in [2.05, 4.69) is 10.3 Å². The first kappa shape index (κ1) is 19.1. The van der Waals surface area contributed by atoms with Gasteiger partial charge in [-0.05, 0) is 38.1 Å². The van der Waals surface area contributed by atoms with E-state index in [4.69, 9.17) is 27.9 Å². The molecule has 0 unspecified atom stereocenters. The van der Waals surface area contributed by atoms with Gasteiger partial charge in [0, 0.05) is 11.1 Å². The molecule has 0 aliphatic heterocycles. The normalized spacial score (nSPS) is 11.9. The fourth-order valence-electron chi connectivity index (χ4n) is 2.60. The van der Waals surface area contributed by atoms with E-state index in [1.165, 1.54) is 6.92 Å². The van der Waals surface area contributed by atoms with Crippen molar-refractivity contribution >= 4 is 51.7 Å². The number of para-hydroxylation sites is 2. The lowest BCUT2D eigenvalue weighted by molar-refractivity contribution is -0.123. The van der Waals surface area contributed by atoms with Gasteiger partial charge in [0.1, 0.15) is 0 Å². The van der Waals surface area contributed by atoms with Gasteiger partial charge in [-0.25, -0.2) is 4.79 Å². The molecule has 0 bridgehead atoms. The van der Waals surface area contributed by atoms with Crippen LogP contribution >= 0.6 is 23.2 Å². The Kier molecular flexibility index (Phi) is 5.63. The van der Waals surface area contributed by atoms with Crippen molar-refractivity contribution < 1.29 is 14.3 Å². The van der Waals surface area contributed by atoms with Crippen LogP contribution in [0.15, 0.2) is 48.5 Å². The van der Waals surface area contributed by atoms with Crippen molar-refractivity contribution in [1.82, 2.24) is 4.98 Å². The predicted molar refractivity (Wildman–Crippen MR) is 106 cm³/mol. The van der Waals surface area contributed by atoms with E-state index < -0.39 is 18.0 Å². The van der Waals surface area contributed by atoms with E-state index in [0.717, 1.165) is 0 Å². The topological polar surface area (TPSA) is 68.3 Å². The highest BCUT2D eigenvalue weighted by Gasteiger charge is 2.22. The van der Waals surface area contributed by atoms with Gasteiger partial charge in [-0.2, -0.15) is 0 Å². The van der Waals surface area contributed by atoms with Crippen LogP contribution in [-0.4, -0.2) is 23.0 Å². The molecule has 0 aliphatic carbocycles. The van der Waals surface area contributed by atoms with Crippen LogP contribution < -0.4 is 5.32 Å². The minimum absolute atomic E-state index is 0.277. The third-order valence-corrected chi connectivity index (χ3v) is 4.56. The van der Waals surface area contributed by atoms with Crippen molar-refractivity contribution in [2.45, 2.75) is 20.0 Å². The van der Waals surface area contributed by atoms with Crippen LogP contribution in [0.5, 0.6) is 0 Å². The second-order valence-corrected chi connectivity index (χ2v) is 6.78. The summed E-state index contributed by atoms with van der Waals surface area (Å²) in [5.41, 5.74) is 2.00. The first-order chi connectivity index (χ1) is 12.9. The number of nitrogens with zero attached hydrogens (tertiary/aromatic N) is 1. The van der Waals surface area contributed by atoms with Crippen LogP contribution in [0.25, 0.3) is 10.9 Å². The Hall–Kier alpha value is -2.63. The highest BCUT2D eigenvalue weighted by Crippen LogP contribution is 2.30. The van der Waals surface area contributed by atoms with Gasteiger partial charge in [0.05, 0.1) is 26.8 Å². The summed E-state index contributed by atoms with van der Waals surface area (Å²) >= 11 is 12.1. The van der Waals surface area contributed by atoms with Gasteiger partial charge < -0.3 is 10.1 Å². The number of nitrogens with one attached hydrogen (secondary N) is 1. The van der Waals surface area contributed by atoms with Crippen LogP contribution in [0.1, 0.15) is 23.0 Å². The van der Waals surface area contributed by atoms with Gasteiger partial charge >= 0.3 is 5.97 Å². The van der Waals surface area contributed by atoms with Crippen molar-refractivity contribution in [3.05, 3.63) is 69.8 Å². The van der Waals surface area contributed by atoms with Crippen molar-refractivity contribution in [3.8, 4) is 0 Å². The average Bonchev–Trinajstić information content (AvgIpc) is 2.63. The van der Waals surface area contributed by atoms with Crippen LogP contribution in [0.4, 0.5) is 5.69 Å². The Balaban J connectivity index is 1.79. The van der Waals surface area contributed by atoms with Crippen LogP contribution in [0, 0.1) is 6.92 Å². The molecule has 1 atom stereocenters. The maximum Gasteiger partial charge on any atom is 0.339 e. The Morgan fingerprint density at radius 1 is 1.07 bits per heavy atom. The molecular formula is C20H16Cl2N2O3. The summed E-state index contributed by atoms with van der Waals surface area (Å²) in [5.74, 6) is -1.14. The molecule has 5 nitrogen and oxygen atoms in total. The average molecular weight is 403 g/mol. The van der Waals surface area contributed by atoms with E-state index in [9.17, 15) is 9.59 Å². The number of benzene rings is 2. The molecule has 27 heavy (non-hydrogen) atoms. The lowest BCUT2D eigenvalue weighted by atomic mass is 10.1. The third kappa shape index (κ3) is 4.21. The summed E-state index contributed by atoms with van der Waals surface area (Å²) in [6.45, 7) is 3.27. The number of carbonyl (C=O) groups is 2. The lowest BCUT2D eigenvalue weighted by Crippen LogP contribution is -2.30. The molecule has 1 heterocycles. The zero-order valence-corrected chi connectivity index (χ0v) is 16.1. The number of rotatable bonds is 4. The van der Waals surface area contributed by atoms with Gasteiger partial charge in [-0.1, -0.05) is 47.5 Å². The van der Waals surface area contributed by atoms with E-state index in [-0.39, 0.29) is 5.69 Å². The predicted octanol–water partition coefficient (Wildman–Crippen LogP) is 5.03. The quantitative estimate of drug-likeness (QED) is 0.621. The zero-order chi connectivity index (χ0) is 19.6. The summed E-state index contributed by atoms with van der Waals surface area (Å²) in [7, 11) is 0. The molecule has 3 rings (SSSR count). The largest absolute Gasteiger partial charge is 0.449 e. The zero-order valence-electron chi connectivity index (χ0n) is 14.6. The molecule has 0 radical (unpaired) electrons. The number of anilines is 1. The second kappa shape index (κ2) is 7.94. The molecule has 0 saturated heterocycles. The van der Waals surface area contributed by atoms with Crippen molar-refractivity contribution in [3.63, 3.8) is 0 Å². The number of amides is 1.